The van der Waals surface area contributed by atoms with Crippen molar-refractivity contribution in [1.29, 1.82) is 0 Å². The lowest BCUT2D eigenvalue weighted by Gasteiger charge is -1.97. The summed E-state index contributed by atoms with van der Waals surface area (Å²) >= 11 is 4.88. The third-order valence-corrected chi connectivity index (χ3v) is 1.84. The predicted molar refractivity (Wildman–Crippen MR) is 51.3 cm³/mol. The second-order valence-corrected chi connectivity index (χ2v) is 3.18. The molecular weight excluding hydrogens is 184 g/mol. The molecule has 2 aromatic rings. The number of H-pyrrole nitrogens is 1. The Kier molecular flexibility index (Phi) is 1.94. The zero-order valence-electron chi connectivity index (χ0n) is 7.06. The number of aryl methyl sites for hydroxylation is 1. The molecule has 0 amide bonds. The van der Waals surface area contributed by atoms with Crippen LogP contribution in [0, 0.1) is 11.6 Å². The van der Waals surface area contributed by atoms with E-state index in [4.69, 9.17) is 12.2 Å². The molecule has 4 nitrogen and oxygen atoms in total. The van der Waals surface area contributed by atoms with E-state index in [-0.39, 0.29) is 0 Å². The molecule has 0 atom stereocenters. The van der Waals surface area contributed by atoms with Crippen molar-refractivity contribution in [2.75, 3.05) is 0 Å². The maximum atomic E-state index is 4.88. The lowest BCUT2D eigenvalue weighted by Crippen LogP contribution is -1.98. The maximum Gasteiger partial charge on any atom is 0.173 e. The first-order chi connectivity index (χ1) is 6.25. The molecule has 0 aliphatic rings. The van der Waals surface area contributed by atoms with Crippen LogP contribution in [0.15, 0.2) is 24.5 Å². The van der Waals surface area contributed by atoms with Crippen LogP contribution in [-0.2, 0) is 0 Å². The van der Waals surface area contributed by atoms with Crippen LogP contribution in [-0.4, -0.2) is 20.0 Å². The Balaban J connectivity index is 2.47. The van der Waals surface area contributed by atoms with Crippen molar-refractivity contribution in [3.05, 3.63) is 34.7 Å². The highest BCUT2D eigenvalue weighted by Crippen LogP contribution is 2.02. The van der Waals surface area contributed by atoms with E-state index in [1.54, 1.807) is 16.9 Å². The fourth-order valence-corrected chi connectivity index (χ4v) is 1.12. The molecule has 5 heteroatoms. The van der Waals surface area contributed by atoms with Gasteiger partial charge in [0.1, 0.15) is 4.64 Å². The smallest absolute Gasteiger partial charge is 0.173 e. The Morgan fingerprint density at radius 2 is 2.31 bits per heavy atom. The number of hydrogen-bond donors (Lipinski definition) is 1. The van der Waals surface area contributed by atoms with Gasteiger partial charge in [-0.05, 0) is 24.6 Å². The Hall–Kier alpha value is -1.49. The van der Waals surface area contributed by atoms with Gasteiger partial charge in [0.15, 0.2) is 5.82 Å². The lowest BCUT2D eigenvalue weighted by molar-refractivity contribution is 0.811. The Bertz CT molecular complexity index is 450. The lowest BCUT2D eigenvalue weighted by atomic mass is 10.4. The molecule has 0 aliphatic carbocycles. The van der Waals surface area contributed by atoms with E-state index in [2.05, 4.69) is 15.3 Å². The van der Waals surface area contributed by atoms with E-state index >= 15 is 0 Å². The molecule has 0 radical (unpaired) electrons. The van der Waals surface area contributed by atoms with Gasteiger partial charge in [-0.1, -0.05) is 12.2 Å². The van der Waals surface area contributed by atoms with Gasteiger partial charge >= 0.3 is 0 Å². The second kappa shape index (κ2) is 3.10. The molecule has 66 valence electrons. The van der Waals surface area contributed by atoms with Gasteiger partial charge in [0, 0.05) is 6.20 Å². The normalized spacial score (nSPS) is 10.2. The third kappa shape index (κ3) is 1.65. The fraction of sp³-hybridized carbons (Fsp3) is 0.125. The molecule has 0 unspecified atom stereocenters. The highest BCUT2D eigenvalue weighted by atomic mass is 32.1. The third-order valence-electron chi connectivity index (χ3n) is 1.61. The zero-order valence-corrected chi connectivity index (χ0v) is 7.88. The summed E-state index contributed by atoms with van der Waals surface area (Å²) in [5.74, 6) is 0.738. The van der Waals surface area contributed by atoms with Crippen LogP contribution < -0.4 is 0 Å². The van der Waals surface area contributed by atoms with Crippen molar-refractivity contribution in [2.45, 2.75) is 6.92 Å². The monoisotopic (exact) mass is 192 g/mol. The second-order valence-electron chi connectivity index (χ2n) is 2.74. The first-order valence-electron chi connectivity index (χ1n) is 3.83. The molecule has 0 saturated carbocycles. The molecule has 2 rings (SSSR count). The van der Waals surface area contributed by atoms with Gasteiger partial charge < -0.3 is 0 Å². The molecule has 0 fully saturated rings. The SMILES string of the molecule is Cc1cnn(-c2ccc(=S)[nH]n2)c1. The van der Waals surface area contributed by atoms with E-state index < -0.39 is 0 Å². The van der Waals surface area contributed by atoms with Crippen molar-refractivity contribution < 1.29 is 0 Å². The molecule has 2 heterocycles. The molecule has 0 aromatic carbocycles. The van der Waals surface area contributed by atoms with Crippen LogP contribution in [0.3, 0.4) is 0 Å². The van der Waals surface area contributed by atoms with Crippen molar-refractivity contribution in [3.8, 4) is 5.82 Å². The van der Waals surface area contributed by atoms with Gasteiger partial charge in [0.2, 0.25) is 0 Å². The minimum atomic E-state index is 0.618. The zero-order chi connectivity index (χ0) is 9.26. The molecule has 0 saturated heterocycles. The molecule has 1 N–H and O–H groups in total. The summed E-state index contributed by atoms with van der Waals surface area (Å²) in [5.41, 5.74) is 1.10. The number of nitrogens with zero attached hydrogens (tertiary/aromatic N) is 3. The maximum absolute atomic E-state index is 4.88. The van der Waals surface area contributed by atoms with Crippen molar-refractivity contribution >= 4 is 12.2 Å². The van der Waals surface area contributed by atoms with Crippen molar-refractivity contribution in [3.63, 3.8) is 0 Å². The van der Waals surface area contributed by atoms with Crippen LogP contribution in [0.1, 0.15) is 5.56 Å². The van der Waals surface area contributed by atoms with Crippen LogP contribution >= 0.6 is 12.2 Å². The summed E-state index contributed by atoms with van der Waals surface area (Å²) in [4.78, 5) is 0. The Morgan fingerprint density at radius 3 is 2.85 bits per heavy atom. The van der Waals surface area contributed by atoms with Gasteiger partial charge in [-0.2, -0.15) is 10.2 Å². The van der Waals surface area contributed by atoms with Crippen LogP contribution in [0.2, 0.25) is 0 Å². The molecule has 0 aliphatic heterocycles. The van der Waals surface area contributed by atoms with Gasteiger partial charge in [-0.3, -0.25) is 5.10 Å². The highest BCUT2D eigenvalue weighted by molar-refractivity contribution is 7.71. The van der Waals surface area contributed by atoms with Gasteiger partial charge in [0.25, 0.3) is 0 Å². The Morgan fingerprint density at radius 1 is 1.46 bits per heavy atom. The van der Waals surface area contributed by atoms with Crippen molar-refractivity contribution in [1.82, 2.24) is 20.0 Å². The first-order valence-corrected chi connectivity index (χ1v) is 4.24. The fourth-order valence-electron chi connectivity index (χ4n) is 1.00. The number of hydrogen-bond acceptors (Lipinski definition) is 3. The quantitative estimate of drug-likeness (QED) is 0.698. The van der Waals surface area contributed by atoms with Crippen molar-refractivity contribution in [2.24, 2.45) is 0 Å². The predicted octanol–water partition coefficient (Wildman–Crippen LogP) is 1.63. The Labute approximate surface area is 80.2 Å². The number of rotatable bonds is 1. The summed E-state index contributed by atoms with van der Waals surface area (Å²) in [7, 11) is 0. The minimum absolute atomic E-state index is 0.618. The standard InChI is InChI=1S/C8H8N4S/c1-6-4-9-12(5-6)7-2-3-8(13)11-10-7/h2-5H,1H3,(H,11,13). The molecule has 0 spiro atoms. The van der Waals surface area contributed by atoms with Gasteiger partial charge in [0.05, 0.1) is 6.20 Å². The minimum Gasteiger partial charge on any atom is -0.266 e. The van der Waals surface area contributed by atoms with Crippen LogP contribution in [0.5, 0.6) is 0 Å². The highest BCUT2D eigenvalue weighted by Gasteiger charge is 1.97. The number of nitrogens with one attached hydrogen (secondary N) is 1. The topological polar surface area (TPSA) is 46.5 Å². The number of aromatic nitrogens is 4. The van der Waals surface area contributed by atoms with Gasteiger partial charge in [-0.15, -0.1) is 0 Å². The van der Waals surface area contributed by atoms with Crippen LogP contribution in [0.25, 0.3) is 5.82 Å². The van der Waals surface area contributed by atoms with E-state index in [0.29, 0.717) is 4.64 Å². The van der Waals surface area contributed by atoms with E-state index in [0.717, 1.165) is 11.4 Å². The summed E-state index contributed by atoms with van der Waals surface area (Å²) in [6.45, 7) is 1.98. The van der Waals surface area contributed by atoms with E-state index in [1.807, 2.05) is 19.2 Å². The van der Waals surface area contributed by atoms with E-state index in [1.165, 1.54) is 0 Å². The van der Waals surface area contributed by atoms with Crippen LogP contribution in [0.4, 0.5) is 0 Å². The summed E-state index contributed by atoms with van der Waals surface area (Å²) in [6, 6.07) is 3.61. The largest absolute Gasteiger partial charge is 0.266 e. The summed E-state index contributed by atoms with van der Waals surface area (Å²) in [5, 5.41) is 10.9. The number of aromatic amines is 1. The van der Waals surface area contributed by atoms with Gasteiger partial charge in [-0.25, -0.2) is 4.68 Å². The average Bonchev–Trinajstić information content (AvgIpc) is 2.53. The molecule has 2 aromatic heterocycles. The molecule has 13 heavy (non-hydrogen) atoms. The summed E-state index contributed by atoms with van der Waals surface area (Å²) in [6.07, 6.45) is 3.68. The van der Waals surface area contributed by atoms with E-state index in [9.17, 15) is 0 Å². The summed E-state index contributed by atoms with van der Waals surface area (Å²) < 4.78 is 2.31. The average molecular weight is 192 g/mol. The molecular formula is C8H8N4S. The molecule has 0 bridgehead atoms. The first kappa shape index (κ1) is 8.12.